The Labute approximate surface area is 175 Å². The molecule has 0 bridgehead atoms. The quantitative estimate of drug-likeness (QED) is 0.580. The second-order valence-corrected chi connectivity index (χ2v) is 9.26. The van der Waals surface area contributed by atoms with Crippen molar-refractivity contribution < 1.29 is 22.4 Å². The number of piperazine rings is 1. The van der Waals surface area contributed by atoms with E-state index in [0.29, 0.717) is 36.8 Å². The van der Waals surface area contributed by atoms with Crippen LogP contribution in [0.3, 0.4) is 0 Å². The number of esters is 1. The number of sulfonamides is 1. The largest absolute Gasteiger partial charge is 0.463 e. The van der Waals surface area contributed by atoms with Crippen LogP contribution in [-0.4, -0.2) is 56.9 Å². The fraction of sp³-hybridized carbons (Fsp3) is 0.318. The van der Waals surface area contributed by atoms with Gasteiger partial charge in [-0.3, -0.25) is 4.90 Å². The summed E-state index contributed by atoms with van der Waals surface area (Å²) in [6, 6.07) is 16.2. The van der Waals surface area contributed by atoms with Gasteiger partial charge in [0.15, 0.2) is 0 Å². The first-order chi connectivity index (χ1) is 14.4. The number of hydrogen-bond donors (Lipinski definition) is 0. The first-order valence-electron chi connectivity index (χ1n) is 9.81. The number of hydrogen-bond acceptors (Lipinski definition) is 6. The molecule has 0 amide bonds. The Hall–Kier alpha value is -2.68. The third-order valence-electron chi connectivity index (χ3n) is 5.60. The van der Waals surface area contributed by atoms with Gasteiger partial charge in [0.25, 0.3) is 0 Å². The molecular formula is C22H24N2O5S. The highest BCUT2D eigenvalue weighted by Crippen LogP contribution is 2.27. The van der Waals surface area contributed by atoms with E-state index in [1.54, 1.807) is 24.3 Å². The van der Waals surface area contributed by atoms with Crippen molar-refractivity contribution in [2.24, 2.45) is 0 Å². The van der Waals surface area contributed by atoms with Gasteiger partial charge in [0.1, 0.15) is 5.76 Å². The molecule has 0 aliphatic carbocycles. The van der Waals surface area contributed by atoms with Gasteiger partial charge >= 0.3 is 5.97 Å². The van der Waals surface area contributed by atoms with Crippen LogP contribution in [0.1, 0.15) is 29.3 Å². The van der Waals surface area contributed by atoms with Gasteiger partial charge < -0.3 is 9.15 Å². The molecule has 7 nitrogen and oxygen atoms in total. The molecule has 1 aliphatic heterocycles. The second-order valence-electron chi connectivity index (χ2n) is 7.32. The first kappa shape index (κ1) is 20.6. The monoisotopic (exact) mass is 428 g/mol. The number of carbonyl (C=O) groups is 1. The average Bonchev–Trinajstić information content (AvgIpc) is 3.28. The van der Waals surface area contributed by atoms with Crippen LogP contribution in [0.4, 0.5) is 0 Å². The maximum absolute atomic E-state index is 13.1. The molecule has 0 spiro atoms. The van der Waals surface area contributed by atoms with Crippen molar-refractivity contribution in [2.75, 3.05) is 33.3 Å². The van der Waals surface area contributed by atoms with Crippen LogP contribution in [0.5, 0.6) is 0 Å². The highest BCUT2D eigenvalue weighted by atomic mass is 32.2. The molecule has 0 unspecified atom stereocenters. The Balaban J connectivity index is 1.45. The van der Waals surface area contributed by atoms with Gasteiger partial charge in [0, 0.05) is 26.2 Å². The zero-order valence-electron chi connectivity index (χ0n) is 16.9. The Morgan fingerprint density at radius 1 is 1.00 bits per heavy atom. The normalized spacial score (nSPS) is 17.1. The van der Waals surface area contributed by atoms with Gasteiger partial charge in [-0.25, -0.2) is 13.2 Å². The lowest BCUT2D eigenvalue weighted by Gasteiger charge is -2.36. The van der Waals surface area contributed by atoms with E-state index < -0.39 is 16.0 Å². The number of methoxy groups -OCH3 is 1. The number of fused-ring (bicyclic) bond motifs is 1. The molecule has 1 atom stereocenters. The lowest BCUT2D eigenvalue weighted by Crippen LogP contribution is -2.49. The molecule has 1 fully saturated rings. The summed E-state index contributed by atoms with van der Waals surface area (Å²) in [6.45, 7) is 3.91. The predicted octanol–water partition coefficient (Wildman–Crippen LogP) is 3.29. The molecule has 0 N–H and O–H groups in total. The molecule has 1 saturated heterocycles. The summed E-state index contributed by atoms with van der Waals surface area (Å²) in [5, 5.41) is 1.92. The summed E-state index contributed by atoms with van der Waals surface area (Å²) in [5.41, 5.74) is 0. The van der Waals surface area contributed by atoms with Crippen LogP contribution in [0.15, 0.2) is 63.9 Å². The summed E-state index contributed by atoms with van der Waals surface area (Å²) in [6.07, 6.45) is 0. The lowest BCUT2D eigenvalue weighted by molar-refractivity contribution is 0.0556. The smallest absolute Gasteiger partial charge is 0.373 e. The van der Waals surface area contributed by atoms with E-state index in [4.69, 9.17) is 4.42 Å². The van der Waals surface area contributed by atoms with Crippen molar-refractivity contribution in [3.05, 3.63) is 66.1 Å². The van der Waals surface area contributed by atoms with E-state index in [1.165, 1.54) is 11.4 Å². The molecule has 0 radical (unpaired) electrons. The third kappa shape index (κ3) is 3.86. The van der Waals surface area contributed by atoms with E-state index in [2.05, 4.69) is 9.64 Å². The number of rotatable bonds is 5. The van der Waals surface area contributed by atoms with Crippen LogP contribution >= 0.6 is 0 Å². The number of carbonyl (C=O) groups excluding carboxylic acids is 1. The van der Waals surface area contributed by atoms with Crippen LogP contribution in [0, 0.1) is 0 Å². The molecule has 4 rings (SSSR count). The summed E-state index contributed by atoms with van der Waals surface area (Å²) in [7, 11) is -2.25. The van der Waals surface area contributed by atoms with Gasteiger partial charge in [-0.2, -0.15) is 4.31 Å². The van der Waals surface area contributed by atoms with Crippen molar-refractivity contribution in [3.8, 4) is 0 Å². The van der Waals surface area contributed by atoms with E-state index in [0.717, 1.165) is 10.8 Å². The van der Waals surface area contributed by atoms with Crippen molar-refractivity contribution in [3.63, 3.8) is 0 Å². The predicted molar refractivity (Wildman–Crippen MR) is 113 cm³/mol. The Bertz CT molecular complexity index is 1160. The van der Waals surface area contributed by atoms with E-state index in [-0.39, 0.29) is 11.8 Å². The maximum atomic E-state index is 13.1. The molecule has 8 heteroatoms. The van der Waals surface area contributed by atoms with E-state index in [1.807, 2.05) is 37.3 Å². The van der Waals surface area contributed by atoms with E-state index in [9.17, 15) is 13.2 Å². The topological polar surface area (TPSA) is 80.1 Å². The standard InChI is InChI=1S/C22H24N2O5S/c1-16(20-9-10-21(29-20)22(25)28-2)23-11-13-24(14-12-23)30(26,27)19-8-7-17-5-3-4-6-18(17)15-19/h3-10,15-16H,11-14H2,1-2H3/t16-/m1/s1. The van der Waals surface area contributed by atoms with Crippen LogP contribution in [0.2, 0.25) is 0 Å². The Morgan fingerprint density at radius 2 is 1.70 bits per heavy atom. The molecule has 30 heavy (non-hydrogen) atoms. The molecule has 0 saturated carbocycles. The summed E-state index contributed by atoms with van der Waals surface area (Å²) < 4.78 is 38.1. The third-order valence-corrected chi connectivity index (χ3v) is 7.50. The zero-order valence-corrected chi connectivity index (χ0v) is 17.8. The maximum Gasteiger partial charge on any atom is 0.373 e. The second kappa shape index (κ2) is 8.22. The minimum Gasteiger partial charge on any atom is -0.463 e. The van der Waals surface area contributed by atoms with Gasteiger partial charge in [0.05, 0.1) is 18.0 Å². The van der Waals surface area contributed by atoms with E-state index >= 15 is 0 Å². The fourth-order valence-electron chi connectivity index (χ4n) is 3.78. The van der Waals surface area contributed by atoms with Crippen molar-refractivity contribution in [1.82, 2.24) is 9.21 Å². The highest BCUT2D eigenvalue weighted by Gasteiger charge is 2.31. The minimum atomic E-state index is -3.56. The molecule has 1 aliphatic rings. The van der Waals surface area contributed by atoms with Crippen molar-refractivity contribution in [1.29, 1.82) is 0 Å². The van der Waals surface area contributed by atoms with Gasteiger partial charge in [-0.15, -0.1) is 0 Å². The fourth-order valence-corrected chi connectivity index (χ4v) is 5.23. The van der Waals surface area contributed by atoms with Crippen molar-refractivity contribution in [2.45, 2.75) is 17.9 Å². The number of ether oxygens (including phenoxy) is 1. The molecule has 1 aromatic heterocycles. The number of furan rings is 1. The van der Waals surface area contributed by atoms with Crippen LogP contribution in [0.25, 0.3) is 10.8 Å². The number of benzene rings is 2. The van der Waals surface area contributed by atoms with Gasteiger partial charge in [0.2, 0.25) is 15.8 Å². The van der Waals surface area contributed by atoms with Crippen molar-refractivity contribution >= 4 is 26.8 Å². The van der Waals surface area contributed by atoms with Crippen LogP contribution in [-0.2, 0) is 14.8 Å². The zero-order chi connectivity index (χ0) is 21.3. The SMILES string of the molecule is COC(=O)c1ccc([C@@H](C)N2CCN(S(=O)(=O)c3ccc4ccccc4c3)CC2)o1. The number of nitrogens with zero attached hydrogens (tertiary/aromatic N) is 2. The highest BCUT2D eigenvalue weighted by molar-refractivity contribution is 7.89. The molecule has 2 heterocycles. The lowest BCUT2D eigenvalue weighted by atomic mass is 10.1. The Kier molecular flexibility index (Phi) is 5.64. The Morgan fingerprint density at radius 3 is 2.40 bits per heavy atom. The molecule has 2 aromatic carbocycles. The first-order valence-corrected chi connectivity index (χ1v) is 11.3. The van der Waals surface area contributed by atoms with Crippen LogP contribution < -0.4 is 0 Å². The summed E-state index contributed by atoms with van der Waals surface area (Å²) in [4.78, 5) is 14.1. The summed E-state index contributed by atoms with van der Waals surface area (Å²) in [5.74, 6) is 0.304. The summed E-state index contributed by atoms with van der Waals surface area (Å²) >= 11 is 0. The van der Waals surface area contributed by atoms with Gasteiger partial charge in [-0.1, -0.05) is 30.3 Å². The molecule has 158 valence electrons. The van der Waals surface area contributed by atoms with Gasteiger partial charge in [-0.05, 0) is 42.0 Å². The average molecular weight is 429 g/mol. The molecular weight excluding hydrogens is 404 g/mol. The minimum absolute atomic E-state index is 0.0751. The molecule has 3 aromatic rings.